The standard InChI is InChI=1S/C18H21N5O.C2H6/c24-12-13-6-7-14-11-20-23(16(14)10-13)17-8-9-19-18(22-17)21-15-4-2-1-3-5-15;1-2/h6-11,15,24H,1-5,12H2,(H,19,21,22);1-2H3. The summed E-state index contributed by atoms with van der Waals surface area (Å²) in [6.07, 6.45) is 9.79. The Morgan fingerprint density at radius 2 is 1.96 bits per heavy atom. The smallest absolute Gasteiger partial charge is 0.224 e. The summed E-state index contributed by atoms with van der Waals surface area (Å²) in [6, 6.07) is 8.13. The number of aliphatic hydroxyl groups is 1. The highest BCUT2D eigenvalue weighted by Gasteiger charge is 2.15. The lowest BCUT2D eigenvalue weighted by atomic mass is 9.96. The minimum absolute atomic E-state index is 0.0133. The molecule has 0 aliphatic heterocycles. The minimum Gasteiger partial charge on any atom is -0.392 e. The molecule has 1 fully saturated rings. The third-order valence-corrected chi connectivity index (χ3v) is 4.61. The van der Waals surface area contributed by atoms with E-state index < -0.39 is 0 Å². The van der Waals surface area contributed by atoms with Crippen LogP contribution in [-0.4, -0.2) is 30.9 Å². The Balaban J connectivity index is 0.000000948. The number of hydrogen-bond donors (Lipinski definition) is 2. The fourth-order valence-electron chi connectivity index (χ4n) is 3.31. The molecule has 2 aromatic heterocycles. The van der Waals surface area contributed by atoms with Crippen molar-refractivity contribution < 1.29 is 5.11 Å². The molecule has 0 amide bonds. The van der Waals surface area contributed by atoms with Crippen molar-refractivity contribution in [3.63, 3.8) is 0 Å². The van der Waals surface area contributed by atoms with Crippen molar-refractivity contribution in [3.8, 4) is 5.82 Å². The van der Waals surface area contributed by atoms with Crippen molar-refractivity contribution in [1.29, 1.82) is 0 Å². The van der Waals surface area contributed by atoms with Gasteiger partial charge < -0.3 is 10.4 Å². The third kappa shape index (κ3) is 4.02. The van der Waals surface area contributed by atoms with Crippen LogP contribution >= 0.6 is 0 Å². The van der Waals surface area contributed by atoms with E-state index in [0.717, 1.165) is 22.3 Å². The lowest BCUT2D eigenvalue weighted by Crippen LogP contribution is -2.23. The van der Waals surface area contributed by atoms with Gasteiger partial charge in [0.15, 0.2) is 5.82 Å². The van der Waals surface area contributed by atoms with Crippen molar-refractivity contribution in [2.45, 2.75) is 58.6 Å². The maximum Gasteiger partial charge on any atom is 0.224 e. The summed E-state index contributed by atoms with van der Waals surface area (Å²) in [5, 5.41) is 18.3. The Labute approximate surface area is 154 Å². The second kappa shape index (κ2) is 8.76. The first-order valence-corrected chi connectivity index (χ1v) is 9.51. The first-order valence-electron chi connectivity index (χ1n) is 9.51. The number of aliphatic hydroxyl groups excluding tert-OH is 1. The second-order valence-corrected chi connectivity index (χ2v) is 6.33. The molecule has 26 heavy (non-hydrogen) atoms. The molecule has 0 saturated heterocycles. The van der Waals surface area contributed by atoms with Gasteiger partial charge in [0.05, 0.1) is 18.3 Å². The van der Waals surface area contributed by atoms with Crippen LogP contribution in [0.15, 0.2) is 36.7 Å². The maximum absolute atomic E-state index is 9.36. The normalized spacial score (nSPS) is 14.7. The van der Waals surface area contributed by atoms with E-state index in [1.807, 2.05) is 44.3 Å². The molecule has 138 valence electrons. The Bertz CT molecular complexity index is 839. The molecule has 2 N–H and O–H groups in total. The van der Waals surface area contributed by atoms with Gasteiger partial charge in [-0.1, -0.05) is 45.2 Å². The molecule has 1 aliphatic rings. The summed E-state index contributed by atoms with van der Waals surface area (Å²) in [4.78, 5) is 8.98. The lowest BCUT2D eigenvalue weighted by Gasteiger charge is -2.22. The van der Waals surface area contributed by atoms with Crippen molar-refractivity contribution in [2.24, 2.45) is 0 Å². The van der Waals surface area contributed by atoms with Gasteiger partial charge in [-0.15, -0.1) is 0 Å². The predicted octanol–water partition coefficient (Wildman–Crippen LogP) is 4.08. The third-order valence-electron chi connectivity index (χ3n) is 4.61. The zero-order valence-corrected chi connectivity index (χ0v) is 15.5. The van der Waals surface area contributed by atoms with Crippen LogP contribution in [0.25, 0.3) is 16.7 Å². The predicted molar refractivity (Wildman–Crippen MR) is 104 cm³/mol. The summed E-state index contributed by atoms with van der Waals surface area (Å²) in [5.74, 6) is 1.38. The molecule has 2 heterocycles. The van der Waals surface area contributed by atoms with Gasteiger partial charge in [-0.3, -0.25) is 0 Å². The number of anilines is 1. The molecule has 1 aromatic carbocycles. The van der Waals surface area contributed by atoms with E-state index in [-0.39, 0.29) is 6.61 Å². The quantitative estimate of drug-likeness (QED) is 0.739. The minimum atomic E-state index is 0.0133. The van der Waals surface area contributed by atoms with E-state index in [2.05, 4.69) is 20.4 Å². The van der Waals surface area contributed by atoms with E-state index in [0.29, 0.717) is 12.0 Å². The second-order valence-electron chi connectivity index (χ2n) is 6.33. The Hall–Kier alpha value is -2.47. The monoisotopic (exact) mass is 353 g/mol. The largest absolute Gasteiger partial charge is 0.392 e. The Morgan fingerprint density at radius 1 is 1.15 bits per heavy atom. The molecular weight excluding hydrogens is 326 g/mol. The molecule has 6 nitrogen and oxygen atoms in total. The van der Waals surface area contributed by atoms with Gasteiger partial charge in [-0.25, -0.2) is 9.67 Å². The molecule has 4 rings (SSSR count). The molecule has 1 saturated carbocycles. The molecular formula is C20H27N5O. The van der Waals surface area contributed by atoms with Gasteiger partial charge in [-0.05, 0) is 24.5 Å². The molecule has 6 heteroatoms. The number of benzene rings is 1. The van der Waals surface area contributed by atoms with Crippen molar-refractivity contribution >= 4 is 16.9 Å². The number of fused-ring (bicyclic) bond motifs is 1. The van der Waals surface area contributed by atoms with Gasteiger partial charge in [-0.2, -0.15) is 10.1 Å². The molecule has 0 unspecified atom stereocenters. The number of nitrogens with one attached hydrogen (secondary N) is 1. The van der Waals surface area contributed by atoms with E-state index in [9.17, 15) is 5.11 Å². The molecule has 1 aliphatic carbocycles. The van der Waals surface area contributed by atoms with Gasteiger partial charge >= 0.3 is 0 Å². The van der Waals surface area contributed by atoms with E-state index in [1.165, 1.54) is 32.1 Å². The Kier molecular flexibility index (Phi) is 6.17. The molecule has 0 spiro atoms. The van der Waals surface area contributed by atoms with Gasteiger partial charge in [0.2, 0.25) is 5.95 Å². The number of rotatable bonds is 4. The summed E-state index contributed by atoms with van der Waals surface area (Å²) in [6.45, 7) is 4.01. The van der Waals surface area contributed by atoms with Crippen LogP contribution in [0.1, 0.15) is 51.5 Å². The molecule has 0 radical (unpaired) electrons. The van der Waals surface area contributed by atoms with Gasteiger partial charge in [0.1, 0.15) is 0 Å². The van der Waals surface area contributed by atoms with Crippen LogP contribution in [0.4, 0.5) is 5.95 Å². The molecule has 3 aromatic rings. The molecule has 0 atom stereocenters. The number of hydrogen-bond acceptors (Lipinski definition) is 5. The highest BCUT2D eigenvalue weighted by molar-refractivity contribution is 5.80. The topological polar surface area (TPSA) is 75.9 Å². The van der Waals surface area contributed by atoms with E-state index >= 15 is 0 Å². The van der Waals surface area contributed by atoms with Crippen LogP contribution in [0.2, 0.25) is 0 Å². The maximum atomic E-state index is 9.36. The van der Waals surface area contributed by atoms with Crippen molar-refractivity contribution in [3.05, 3.63) is 42.2 Å². The SMILES string of the molecule is CC.OCc1ccc2cnn(-c3ccnc(NC4CCCCC4)n3)c2c1. The highest BCUT2D eigenvalue weighted by Crippen LogP contribution is 2.22. The van der Waals surface area contributed by atoms with Gasteiger partial charge in [0.25, 0.3) is 0 Å². The first-order chi connectivity index (χ1) is 12.8. The van der Waals surface area contributed by atoms with E-state index in [1.54, 1.807) is 10.9 Å². The summed E-state index contributed by atoms with van der Waals surface area (Å²) in [5.41, 5.74) is 1.79. The number of nitrogens with zero attached hydrogens (tertiary/aromatic N) is 4. The zero-order chi connectivity index (χ0) is 18.4. The van der Waals surface area contributed by atoms with Crippen LogP contribution < -0.4 is 5.32 Å². The summed E-state index contributed by atoms with van der Waals surface area (Å²) >= 11 is 0. The fourth-order valence-corrected chi connectivity index (χ4v) is 3.31. The van der Waals surface area contributed by atoms with Crippen LogP contribution in [0, 0.1) is 0 Å². The van der Waals surface area contributed by atoms with Crippen molar-refractivity contribution in [1.82, 2.24) is 19.7 Å². The van der Waals surface area contributed by atoms with Crippen LogP contribution in [0.3, 0.4) is 0 Å². The Morgan fingerprint density at radius 3 is 2.73 bits per heavy atom. The summed E-state index contributed by atoms with van der Waals surface area (Å²) in [7, 11) is 0. The average Bonchev–Trinajstić information content (AvgIpc) is 3.13. The highest BCUT2D eigenvalue weighted by atomic mass is 16.3. The lowest BCUT2D eigenvalue weighted by molar-refractivity contribution is 0.282. The molecule has 0 bridgehead atoms. The fraction of sp³-hybridized carbons (Fsp3) is 0.450. The van der Waals surface area contributed by atoms with Gasteiger partial charge in [0, 0.05) is 23.7 Å². The van der Waals surface area contributed by atoms with Crippen molar-refractivity contribution in [2.75, 3.05) is 5.32 Å². The van der Waals surface area contributed by atoms with Crippen LogP contribution in [-0.2, 0) is 6.61 Å². The van der Waals surface area contributed by atoms with E-state index in [4.69, 9.17) is 0 Å². The number of aromatic nitrogens is 4. The first kappa shape index (κ1) is 18.3. The average molecular weight is 353 g/mol. The zero-order valence-electron chi connectivity index (χ0n) is 15.5. The van der Waals surface area contributed by atoms with Crippen LogP contribution in [0.5, 0.6) is 0 Å². The summed E-state index contributed by atoms with van der Waals surface area (Å²) < 4.78 is 1.79.